The highest BCUT2D eigenvalue weighted by Gasteiger charge is 2.27. The Morgan fingerprint density at radius 1 is 1.61 bits per heavy atom. The summed E-state index contributed by atoms with van der Waals surface area (Å²) in [5.74, 6) is -0.115. The molecule has 0 aromatic carbocycles. The van der Waals surface area contributed by atoms with Crippen LogP contribution in [0, 0.1) is 11.8 Å². The molecule has 6 heteroatoms. The predicted octanol–water partition coefficient (Wildman–Crippen LogP) is 1.60. The number of hydrogen-bond acceptors (Lipinski definition) is 4. The summed E-state index contributed by atoms with van der Waals surface area (Å²) in [7, 11) is 1.60. The van der Waals surface area contributed by atoms with Crippen LogP contribution in [0.15, 0.2) is 6.20 Å². The Morgan fingerprint density at radius 2 is 2.28 bits per heavy atom. The zero-order valence-electron chi connectivity index (χ0n) is 11.0. The second-order valence-electron chi connectivity index (χ2n) is 4.51. The summed E-state index contributed by atoms with van der Waals surface area (Å²) in [5.41, 5.74) is 6.09. The maximum absolute atomic E-state index is 12.4. The third-order valence-electron chi connectivity index (χ3n) is 2.93. The van der Waals surface area contributed by atoms with Crippen molar-refractivity contribution in [2.24, 2.45) is 17.6 Å². The molecule has 1 aromatic heterocycles. The van der Waals surface area contributed by atoms with Crippen LogP contribution in [-0.2, 0) is 11.3 Å². The summed E-state index contributed by atoms with van der Waals surface area (Å²) in [5, 5.41) is 4.46. The fourth-order valence-electron chi connectivity index (χ4n) is 1.81. The van der Waals surface area contributed by atoms with Gasteiger partial charge in [0.2, 0.25) is 0 Å². The van der Waals surface area contributed by atoms with Crippen molar-refractivity contribution in [1.82, 2.24) is 9.78 Å². The van der Waals surface area contributed by atoms with Crippen LogP contribution in [0.3, 0.4) is 0 Å². The number of ketones is 1. The van der Waals surface area contributed by atoms with Gasteiger partial charge in [0.05, 0.1) is 24.4 Å². The minimum Gasteiger partial charge on any atom is -0.383 e. The van der Waals surface area contributed by atoms with E-state index in [2.05, 4.69) is 5.10 Å². The van der Waals surface area contributed by atoms with Crippen LogP contribution in [0.2, 0.25) is 5.02 Å². The molecular formula is C12H20ClN3O2. The first-order chi connectivity index (χ1) is 8.52. The number of methoxy groups -OCH3 is 1. The largest absolute Gasteiger partial charge is 0.383 e. The molecule has 5 nitrogen and oxygen atoms in total. The Balaban J connectivity index is 2.99. The Bertz CT molecular complexity index is 404. The van der Waals surface area contributed by atoms with Crippen molar-refractivity contribution in [3.8, 4) is 0 Å². The van der Waals surface area contributed by atoms with Crippen LogP contribution in [0.4, 0.5) is 0 Å². The molecule has 0 bridgehead atoms. The summed E-state index contributed by atoms with van der Waals surface area (Å²) in [6.45, 7) is 5.23. The van der Waals surface area contributed by atoms with Gasteiger partial charge in [-0.3, -0.25) is 9.48 Å². The lowest BCUT2D eigenvalue weighted by Gasteiger charge is -2.18. The Morgan fingerprint density at radius 3 is 2.78 bits per heavy atom. The van der Waals surface area contributed by atoms with E-state index in [0.717, 1.165) is 0 Å². The first-order valence-corrected chi connectivity index (χ1v) is 6.35. The number of nitrogens with two attached hydrogens (primary N) is 1. The first kappa shape index (κ1) is 15.1. The minimum atomic E-state index is -0.236. The Kier molecular flexibility index (Phi) is 5.78. The molecule has 0 spiro atoms. The third kappa shape index (κ3) is 3.31. The molecule has 2 N–H and O–H groups in total. The number of ether oxygens (including phenoxy) is 1. The molecule has 0 amide bonds. The molecule has 18 heavy (non-hydrogen) atoms. The van der Waals surface area contributed by atoms with Crippen molar-refractivity contribution in [3.05, 3.63) is 16.9 Å². The predicted molar refractivity (Wildman–Crippen MR) is 70.8 cm³/mol. The molecule has 1 heterocycles. The van der Waals surface area contributed by atoms with Crippen LogP contribution in [0.1, 0.15) is 24.3 Å². The molecular weight excluding hydrogens is 254 g/mol. The number of aromatic nitrogens is 2. The van der Waals surface area contributed by atoms with Gasteiger partial charge in [0.15, 0.2) is 5.78 Å². The molecule has 102 valence electrons. The lowest BCUT2D eigenvalue weighted by Crippen LogP contribution is -2.30. The number of carbonyl (C=O) groups excluding carboxylic acids is 1. The van der Waals surface area contributed by atoms with Crippen molar-refractivity contribution in [2.75, 3.05) is 20.3 Å². The van der Waals surface area contributed by atoms with Gasteiger partial charge in [-0.15, -0.1) is 0 Å². The standard InChI is InChI=1S/C12H20ClN3O2/c1-8(2)9(6-14)12(17)11-10(13)7-15-16(11)4-5-18-3/h7-9H,4-6,14H2,1-3H3. The van der Waals surface area contributed by atoms with E-state index < -0.39 is 0 Å². The van der Waals surface area contributed by atoms with Crippen LogP contribution in [0.25, 0.3) is 0 Å². The van der Waals surface area contributed by atoms with Crippen LogP contribution >= 0.6 is 11.6 Å². The van der Waals surface area contributed by atoms with Gasteiger partial charge in [-0.05, 0) is 5.92 Å². The molecule has 1 atom stereocenters. The number of hydrogen-bond donors (Lipinski definition) is 1. The van der Waals surface area contributed by atoms with Gasteiger partial charge >= 0.3 is 0 Å². The lowest BCUT2D eigenvalue weighted by molar-refractivity contribution is 0.0877. The Hall–Kier alpha value is -0.910. The highest BCUT2D eigenvalue weighted by molar-refractivity contribution is 6.33. The molecule has 1 unspecified atom stereocenters. The quantitative estimate of drug-likeness (QED) is 0.766. The molecule has 0 aliphatic carbocycles. The molecule has 0 radical (unpaired) electrons. The van der Waals surface area contributed by atoms with E-state index in [4.69, 9.17) is 22.1 Å². The van der Waals surface area contributed by atoms with Crippen molar-refractivity contribution in [2.45, 2.75) is 20.4 Å². The topological polar surface area (TPSA) is 70.1 Å². The SMILES string of the molecule is COCCn1ncc(Cl)c1C(=O)C(CN)C(C)C. The highest BCUT2D eigenvalue weighted by atomic mass is 35.5. The molecule has 0 aliphatic rings. The minimum absolute atomic E-state index is 0.0499. The number of rotatable bonds is 7. The second-order valence-corrected chi connectivity index (χ2v) is 4.91. The van der Waals surface area contributed by atoms with Crippen molar-refractivity contribution >= 4 is 17.4 Å². The smallest absolute Gasteiger partial charge is 0.186 e. The fraction of sp³-hybridized carbons (Fsp3) is 0.667. The molecule has 0 saturated carbocycles. The van der Waals surface area contributed by atoms with Gasteiger partial charge in [0.25, 0.3) is 0 Å². The van der Waals surface area contributed by atoms with Gasteiger partial charge in [-0.25, -0.2) is 0 Å². The number of carbonyl (C=O) groups is 1. The monoisotopic (exact) mass is 273 g/mol. The lowest BCUT2D eigenvalue weighted by atomic mass is 9.90. The maximum atomic E-state index is 12.4. The summed E-state index contributed by atoms with van der Waals surface area (Å²) in [6.07, 6.45) is 1.48. The maximum Gasteiger partial charge on any atom is 0.186 e. The van der Waals surface area contributed by atoms with E-state index in [1.807, 2.05) is 13.8 Å². The summed E-state index contributed by atoms with van der Waals surface area (Å²) < 4.78 is 6.57. The van der Waals surface area contributed by atoms with Gasteiger partial charge in [0.1, 0.15) is 5.69 Å². The van der Waals surface area contributed by atoms with Crippen LogP contribution < -0.4 is 5.73 Å². The average molecular weight is 274 g/mol. The number of Topliss-reactive ketones (excluding diaryl/α,β-unsaturated/α-hetero) is 1. The van der Waals surface area contributed by atoms with E-state index in [1.165, 1.54) is 6.20 Å². The first-order valence-electron chi connectivity index (χ1n) is 5.97. The van der Waals surface area contributed by atoms with Crippen molar-refractivity contribution in [1.29, 1.82) is 0 Å². The summed E-state index contributed by atoms with van der Waals surface area (Å²) in [4.78, 5) is 12.4. The van der Waals surface area contributed by atoms with Gasteiger partial charge in [-0.2, -0.15) is 5.10 Å². The summed E-state index contributed by atoms with van der Waals surface area (Å²) in [6, 6.07) is 0. The van der Waals surface area contributed by atoms with E-state index in [9.17, 15) is 4.79 Å². The van der Waals surface area contributed by atoms with E-state index in [1.54, 1.807) is 11.8 Å². The average Bonchev–Trinajstić information content (AvgIpc) is 2.68. The van der Waals surface area contributed by atoms with E-state index >= 15 is 0 Å². The van der Waals surface area contributed by atoms with Crippen molar-refractivity contribution < 1.29 is 9.53 Å². The van der Waals surface area contributed by atoms with Crippen LogP contribution in [0.5, 0.6) is 0 Å². The molecule has 0 aliphatic heterocycles. The van der Waals surface area contributed by atoms with E-state index in [0.29, 0.717) is 30.4 Å². The molecule has 0 saturated heterocycles. The zero-order valence-corrected chi connectivity index (χ0v) is 11.8. The number of nitrogens with zero attached hydrogens (tertiary/aromatic N) is 2. The van der Waals surface area contributed by atoms with Crippen molar-refractivity contribution in [3.63, 3.8) is 0 Å². The normalized spacial score (nSPS) is 13.0. The van der Waals surface area contributed by atoms with Gasteiger partial charge in [-0.1, -0.05) is 25.4 Å². The van der Waals surface area contributed by atoms with E-state index in [-0.39, 0.29) is 17.6 Å². The molecule has 1 aromatic rings. The number of halogens is 1. The summed E-state index contributed by atoms with van der Waals surface area (Å²) >= 11 is 6.04. The van der Waals surface area contributed by atoms with Crippen LogP contribution in [-0.4, -0.2) is 35.8 Å². The highest BCUT2D eigenvalue weighted by Crippen LogP contribution is 2.22. The Labute approximate surface area is 112 Å². The fourth-order valence-corrected chi connectivity index (χ4v) is 2.05. The van der Waals surface area contributed by atoms with Gasteiger partial charge < -0.3 is 10.5 Å². The molecule has 1 rings (SSSR count). The van der Waals surface area contributed by atoms with Gasteiger partial charge in [0, 0.05) is 19.6 Å². The molecule has 0 fully saturated rings. The second kappa shape index (κ2) is 6.87. The third-order valence-corrected chi connectivity index (χ3v) is 3.21. The zero-order chi connectivity index (χ0) is 13.7.